The predicted octanol–water partition coefficient (Wildman–Crippen LogP) is 0.788. The molecule has 1 aromatic rings. The van der Waals surface area contributed by atoms with Crippen molar-refractivity contribution in [3.05, 3.63) is 29.8 Å². The number of esters is 1. The molecule has 3 N–H and O–H groups in total. The topological polar surface area (TPSA) is 85.4 Å². The Morgan fingerprint density at radius 3 is 2.47 bits per heavy atom. The summed E-state index contributed by atoms with van der Waals surface area (Å²) in [6, 6.07) is 6.41. The standard InChI is InChI=1S/C10H12N2O3/c1-14-10(13)7-2-4-8(5-3-7)15-6-9(11)12/h2-5H,6H2,1H3,(H3,11,12). The number of nitrogens with two attached hydrogens (primary N) is 1. The summed E-state index contributed by atoms with van der Waals surface area (Å²) >= 11 is 0. The molecule has 0 saturated carbocycles. The first-order valence-corrected chi connectivity index (χ1v) is 4.27. The number of ether oxygens (including phenoxy) is 2. The van der Waals surface area contributed by atoms with E-state index in [1.165, 1.54) is 7.11 Å². The predicted molar refractivity (Wildman–Crippen MR) is 55.2 cm³/mol. The van der Waals surface area contributed by atoms with Crippen LogP contribution < -0.4 is 10.5 Å². The van der Waals surface area contributed by atoms with Gasteiger partial charge in [-0.2, -0.15) is 0 Å². The summed E-state index contributed by atoms with van der Waals surface area (Å²) in [6.07, 6.45) is 0. The van der Waals surface area contributed by atoms with E-state index in [0.717, 1.165) is 0 Å². The second-order valence-corrected chi connectivity index (χ2v) is 2.83. The van der Waals surface area contributed by atoms with E-state index >= 15 is 0 Å². The zero-order valence-electron chi connectivity index (χ0n) is 8.32. The van der Waals surface area contributed by atoms with Crippen molar-refractivity contribution in [2.75, 3.05) is 13.7 Å². The van der Waals surface area contributed by atoms with Crippen LogP contribution in [0.25, 0.3) is 0 Å². The first kappa shape index (κ1) is 11.0. The number of rotatable bonds is 4. The molecule has 0 radical (unpaired) electrons. The van der Waals surface area contributed by atoms with Gasteiger partial charge >= 0.3 is 5.97 Å². The van der Waals surface area contributed by atoms with Gasteiger partial charge in [-0.3, -0.25) is 5.41 Å². The molecule has 1 rings (SSSR count). The van der Waals surface area contributed by atoms with Crippen molar-refractivity contribution < 1.29 is 14.3 Å². The maximum Gasteiger partial charge on any atom is 0.337 e. The summed E-state index contributed by atoms with van der Waals surface area (Å²) in [4.78, 5) is 11.1. The number of benzene rings is 1. The molecule has 0 saturated heterocycles. The van der Waals surface area contributed by atoms with Crippen LogP contribution in [0.15, 0.2) is 24.3 Å². The van der Waals surface area contributed by atoms with E-state index in [2.05, 4.69) is 4.74 Å². The molecule has 0 fully saturated rings. The lowest BCUT2D eigenvalue weighted by molar-refractivity contribution is 0.0600. The SMILES string of the molecule is COC(=O)c1ccc(OCC(=N)N)cc1. The highest BCUT2D eigenvalue weighted by molar-refractivity contribution is 5.89. The van der Waals surface area contributed by atoms with Crippen LogP contribution in [0, 0.1) is 5.41 Å². The average molecular weight is 208 g/mol. The van der Waals surface area contributed by atoms with Crippen molar-refractivity contribution in [1.29, 1.82) is 5.41 Å². The molecule has 5 nitrogen and oxygen atoms in total. The van der Waals surface area contributed by atoms with E-state index < -0.39 is 5.97 Å². The van der Waals surface area contributed by atoms with Gasteiger partial charge in [-0.1, -0.05) is 0 Å². The molecule has 0 atom stereocenters. The van der Waals surface area contributed by atoms with Gasteiger partial charge in [-0.25, -0.2) is 4.79 Å². The fourth-order valence-corrected chi connectivity index (χ4v) is 0.966. The van der Waals surface area contributed by atoms with Crippen molar-refractivity contribution in [2.45, 2.75) is 0 Å². The van der Waals surface area contributed by atoms with Crippen LogP contribution in [-0.4, -0.2) is 25.5 Å². The molecule has 5 heteroatoms. The summed E-state index contributed by atoms with van der Waals surface area (Å²) in [6.45, 7) is 0.0393. The lowest BCUT2D eigenvalue weighted by Gasteiger charge is -2.05. The number of hydrogen-bond acceptors (Lipinski definition) is 4. The first-order valence-electron chi connectivity index (χ1n) is 4.27. The van der Waals surface area contributed by atoms with E-state index in [-0.39, 0.29) is 12.4 Å². The quantitative estimate of drug-likeness (QED) is 0.435. The van der Waals surface area contributed by atoms with Gasteiger partial charge in [-0.05, 0) is 24.3 Å². The zero-order chi connectivity index (χ0) is 11.3. The van der Waals surface area contributed by atoms with Crippen molar-refractivity contribution in [3.63, 3.8) is 0 Å². The maximum absolute atomic E-state index is 11.1. The number of methoxy groups -OCH3 is 1. The van der Waals surface area contributed by atoms with E-state index in [9.17, 15) is 4.79 Å². The summed E-state index contributed by atoms with van der Waals surface area (Å²) in [5, 5.41) is 6.96. The lowest BCUT2D eigenvalue weighted by Crippen LogP contribution is -2.19. The van der Waals surface area contributed by atoms with Gasteiger partial charge in [0.25, 0.3) is 0 Å². The smallest absolute Gasteiger partial charge is 0.337 e. The minimum absolute atomic E-state index is 0.0393. The Morgan fingerprint density at radius 2 is 2.00 bits per heavy atom. The van der Waals surface area contributed by atoms with Crippen molar-refractivity contribution in [2.24, 2.45) is 5.73 Å². The molecule has 0 spiro atoms. The molecule has 0 heterocycles. The van der Waals surface area contributed by atoms with Gasteiger partial charge in [0, 0.05) is 0 Å². The molecule has 0 aliphatic carbocycles. The summed E-state index contributed by atoms with van der Waals surface area (Å²) in [5.74, 6) is 0.109. The maximum atomic E-state index is 11.1. The Morgan fingerprint density at radius 1 is 1.40 bits per heavy atom. The summed E-state index contributed by atoms with van der Waals surface area (Å²) in [5.41, 5.74) is 5.58. The number of amidine groups is 1. The zero-order valence-corrected chi connectivity index (χ0v) is 8.32. The van der Waals surface area contributed by atoms with Gasteiger partial charge in [0.2, 0.25) is 0 Å². The van der Waals surface area contributed by atoms with Crippen LogP contribution >= 0.6 is 0 Å². The van der Waals surface area contributed by atoms with Crippen LogP contribution in [0.2, 0.25) is 0 Å². The minimum atomic E-state index is -0.395. The second-order valence-electron chi connectivity index (χ2n) is 2.83. The molecule has 15 heavy (non-hydrogen) atoms. The van der Waals surface area contributed by atoms with Crippen molar-refractivity contribution >= 4 is 11.8 Å². The van der Waals surface area contributed by atoms with Crippen LogP contribution in [-0.2, 0) is 4.74 Å². The van der Waals surface area contributed by atoms with E-state index in [1.807, 2.05) is 0 Å². The van der Waals surface area contributed by atoms with Crippen molar-refractivity contribution in [3.8, 4) is 5.75 Å². The van der Waals surface area contributed by atoms with Crippen LogP contribution in [0.4, 0.5) is 0 Å². The van der Waals surface area contributed by atoms with Gasteiger partial charge in [-0.15, -0.1) is 0 Å². The molecular weight excluding hydrogens is 196 g/mol. The van der Waals surface area contributed by atoms with Crippen molar-refractivity contribution in [1.82, 2.24) is 0 Å². The van der Waals surface area contributed by atoms with Gasteiger partial charge in [0.05, 0.1) is 12.7 Å². The number of carbonyl (C=O) groups is 1. The molecule has 0 amide bonds. The number of carbonyl (C=O) groups excluding carboxylic acids is 1. The highest BCUT2D eigenvalue weighted by Crippen LogP contribution is 2.12. The van der Waals surface area contributed by atoms with Gasteiger partial charge in [0.1, 0.15) is 18.2 Å². The Hall–Kier alpha value is -2.04. The normalized spacial score (nSPS) is 9.40. The molecule has 0 unspecified atom stereocenters. The third kappa shape index (κ3) is 3.30. The fourth-order valence-electron chi connectivity index (χ4n) is 0.966. The molecular formula is C10H12N2O3. The van der Waals surface area contributed by atoms with Gasteiger partial charge < -0.3 is 15.2 Å². The van der Waals surface area contributed by atoms with Crippen LogP contribution in [0.5, 0.6) is 5.75 Å². The van der Waals surface area contributed by atoms with E-state index in [1.54, 1.807) is 24.3 Å². The molecule has 80 valence electrons. The Balaban J connectivity index is 2.64. The third-order valence-electron chi connectivity index (χ3n) is 1.67. The lowest BCUT2D eigenvalue weighted by atomic mass is 10.2. The first-order chi connectivity index (χ1) is 7.13. The van der Waals surface area contributed by atoms with Gasteiger partial charge in [0.15, 0.2) is 0 Å². The fraction of sp³-hybridized carbons (Fsp3) is 0.200. The average Bonchev–Trinajstić information content (AvgIpc) is 2.26. The largest absolute Gasteiger partial charge is 0.486 e. The summed E-state index contributed by atoms with van der Waals surface area (Å²) < 4.78 is 9.67. The third-order valence-corrected chi connectivity index (χ3v) is 1.67. The van der Waals surface area contributed by atoms with E-state index in [0.29, 0.717) is 11.3 Å². The number of nitrogens with one attached hydrogen (secondary N) is 1. The molecule has 0 aliphatic rings. The Bertz CT molecular complexity index is 359. The molecule has 1 aromatic carbocycles. The van der Waals surface area contributed by atoms with Crippen LogP contribution in [0.3, 0.4) is 0 Å². The van der Waals surface area contributed by atoms with Crippen LogP contribution in [0.1, 0.15) is 10.4 Å². The highest BCUT2D eigenvalue weighted by atomic mass is 16.5. The Kier molecular flexibility index (Phi) is 3.68. The second kappa shape index (κ2) is 4.99. The molecule has 0 aromatic heterocycles. The van der Waals surface area contributed by atoms with E-state index in [4.69, 9.17) is 15.9 Å². The minimum Gasteiger partial charge on any atom is -0.486 e. The number of hydrogen-bond donors (Lipinski definition) is 2. The highest BCUT2D eigenvalue weighted by Gasteiger charge is 2.04. The monoisotopic (exact) mass is 208 g/mol. The Labute approximate surface area is 87.3 Å². The molecule has 0 bridgehead atoms. The molecule has 0 aliphatic heterocycles. The summed E-state index contributed by atoms with van der Waals surface area (Å²) in [7, 11) is 1.32.